The third-order valence-electron chi connectivity index (χ3n) is 3.04. The number of nitrogens with zero attached hydrogens (tertiary/aromatic N) is 2. The van der Waals surface area contributed by atoms with E-state index in [1.54, 1.807) is 36.7 Å². The van der Waals surface area contributed by atoms with Gasteiger partial charge in [0.25, 0.3) is 10.0 Å². The van der Waals surface area contributed by atoms with Gasteiger partial charge in [-0.25, -0.2) is 12.7 Å². The molecule has 0 aromatic carbocycles. The number of hydrogen-bond donors (Lipinski definition) is 1. The van der Waals surface area contributed by atoms with Gasteiger partial charge in [-0.05, 0) is 36.6 Å². The van der Waals surface area contributed by atoms with Crippen molar-refractivity contribution in [2.45, 2.75) is 17.9 Å². The molecule has 2 aromatic rings. The molecule has 0 saturated carbocycles. The van der Waals surface area contributed by atoms with Crippen LogP contribution in [0.3, 0.4) is 0 Å². The van der Waals surface area contributed by atoms with Crippen LogP contribution in [0.4, 0.5) is 5.69 Å². The second-order valence-electron chi connectivity index (χ2n) is 4.49. The molecule has 0 spiro atoms. The van der Waals surface area contributed by atoms with Crippen LogP contribution < -0.4 is 10.0 Å². The van der Waals surface area contributed by atoms with E-state index in [4.69, 9.17) is 5.73 Å². The molecule has 0 saturated heterocycles. The van der Waals surface area contributed by atoms with Gasteiger partial charge in [-0.3, -0.25) is 4.98 Å². The molecular weight excluding hydrogens is 294 g/mol. The molecule has 1 aliphatic heterocycles. The molecule has 0 bridgehead atoms. The van der Waals surface area contributed by atoms with Crippen molar-refractivity contribution >= 4 is 33.1 Å². The van der Waals surface area contributed by atoms with Gasteiger partial charge in [0.15, 0.2) is 0 Å². The number of nitrogens with two attached hydrogens (primary N) is 1. The standard InChI is InChI=1S/C13H13N3O2S2/c1-9(14)11-7-12-13(4-6-19-12)20(17,18)16(11)10-3-2-5-15-8-10/h2-9H,14H2,1H3/t9-/m0/s1. The first kappa shape index (κ1) is 13.3. The summed E-state index contributed by atoms with van der Waals surface area (Å²) in [4.78, 5) is 5.03. The molecule has 1 aliphatic rings. The lowest BCUT2D eigenvalue weighted by Crippen LogP contribution is -2.39. The molecule has 2 aromatic heterocycles. The lowest BCUT2D eigenvalue weighted by molar-refractivity contribution is 0.592. The van der Waals surface area contributed by atoms with Gasteiger partial charge in [0, 0.05) is 17.1 Å². The molecule has 0 amide bonds. The number of rotatable bonds is 2. The van der Waals surface area contributed by atoms with Gasteiger partial charge in [0.1, 0.15) is 4.90 Å². The highest BCUT2D eigenvalue weighted by molar-refractivity contribution is 7.93. The van der Waals surface area contributed by atoms with E-state index in [2.05, 4.69) is 4.98 Å². The van der Waals surface area contributed by atoms with Crippen LogP contribution in [0, 0.1) is 0 Å². The topological polar surface area (TPSA) is 76.3 Å². The Morgan fingerprint density at radius 1 is 1.40 bits per heavy atom. The molecule has 0 fully saturated rings. The van der Waals surface area contributed by atoms with Crippen molar-refractivity contribution in [2.24, 2.45) is 5.73 Å². The number of pyridine rings is 1. The number of fused-ring (bicyclic) bond motifs is 1. The summed E-state index contributed by atoms with van der Waals surface area (Å²) in [5, 5.41) is 1.77. The van der Waals surface area contributed by atoms with Crippen molar-refractivity contribution in [1.29, 1.82) is 0 Å². The maximum absolute atomic E-state index is 12.8. The van der Waals surface area contributed by atoms with Crippen molar-refractivity contribution in [2.75, 3.05) is 4.31 Å². The van der Waals surface area contributed by atoms with Crippen molar-refractivity contribution in [3.05, 3.63) is 46.5 Å². The fraction of sp³-hybridized carbons (Fsp3) is 0.154. The highest BCUT2D eigenvalue weighted by atomic mass is 32.2. The van der Waals surface area contributed by atoms with E-state index in [0.29, 0.717) is 16.3 Å². The molecule has 5 nitrogen and oxygen atoms in total. The van der Waals surface area contributed by atoms with Crippen molar-refractivity contribution < 1.29 is 8.42 Å². The minimum Gasteiger partial charge on any atom is -0.323 e. The molecule has 104 valence electrons. The first-order chi connectivity index (χ1) is 9.51. The lowest BCUT2D eigenvalue weighted by atomic mass is 10.2. The minimum absolute atomic E-state index is 0.316. The van der Waals surface area contributed by atoms with Gasteiger partial charge in [0.2, 0.25) is 0 Å². The summed E-state index contributed by atoms with van der Waals surface area (Å²) in [5.74, 6) is 0. The van der Waals surface area contributed by atoms with Gasteiger partial charge >= 0.3 is 0 Å². The summed E-state index contributed by atoms with van der Waals surface area (Å²) in [7, 11) is -3.63. The average molecular weight is 307 g/mol. The van der Waals surface area contributed by atoms with Crippen molar-refractivity contribution in [3.63, 3.8) is 0 Å². The molecule has 0 aliphatic carbocycles. The lowest BCUT2D eigenvalue weighted by Gasteiger charge is -2.31. The smallest absolute Gasteiger partial charge is 0.269 e. The Balaban J connectivity index is 2.27. The second kappa shape index (κ2) is 4.69. The van der Waals surface area contributed by atoms with E-state index in [1.165, 1.54) is 21.8 Å². The quantitative estimate of drug-likeness (QED) is 0.921. The summed E-state index contributed by atoms with van der Waals surface area (Å²) in [6.07, 6.45) is 4.95. The number of hydrogen-bond acceptors (Lipinski definition) is 5. The van der Waals surface area contributed by atoms with Crippen LogP contribution in [0.25, 0.3) is 6.08 Å². The van der Waals surface area contributed by atoms with Gasteiger partial charge in [-0.15, -0.1) is 11.3 Å². The van der Waals surface area contributed by atoms with Crippen LogP contribution in [0.1, 0.15) is 11.8 Å². The van der Waals surface area contributed by atoms with E-state index in [0.717, 1.165) is 4.88 Å². The van der Waals surface area contributed by atoms with E-state index in [1.807, 2.05) is 6.08 Å². The van der Waals surface area contributed by atoms with Crippen molar-refractivity contribution in [1.82, 2.24) is 4.98 Å². The Kier molecular flexibility index (Phi) is 3.12. The molecule has 0 radical (unpaired) electrons. The van der Waals surface area contributed by atoms with Crippen LogP contribution in [0.15, 0.2) is 46.6 Å². The van der Waals surface area contributed by atoms with Gasteiger partial charge in [-0.2, -0.15) is 0 Å². The fourth-order valence-corrected chi connectivity index (χ4v) is 5.04. The monoisotopic (exact) mass is 307 g/mol. The zero-order chi connectivity index (χ0) is 14.3. The SMILES string of the molecule is C[C@H](N)C1=Cc2sccc2S(=O)(=O)N1c1cccnc1. The second-order valence-corrected chi connectivity index (χ2v) is 7.19. The van der Waals surface area contributed by atoms with E-state index >= 15 is 0 Å². The zero-order valence-corrected chi connectivity index (χ0v) is 12.4. The maximum Gasteiger partial charge on any atom is 0.269 e. The summed E-state index contributed by atoms with van der Waals surface area (Å²) < 4.78 is 26.9. The van der Waals surface area contributed by atoms with E-state index in [9.17, 15) is 8.42 Å². The van der Waals surface area contributed by atoms with Gasteiger partial charge in [-0.1, -0.05) is 0 Å². The average Bonchev–Trinajstić information content (AvgIpc) is 2.88. The first-order valence-corrected chi connectivity index (χ1v) is 8.34. The first-order valence-electron chi connectivity index (χ1n) is 6.02. The molecule has 20 heavy (non-hydrogen) atoms. The summed E-state index contributed by atoms with van der Waals surface area (Å²) >= 11 is 1.39. The Bertz CT molecular complexity index is 764. The Morgan fingerprint density at radius 2 is 2.20 bits per heavy atom. The molecule has 0 unspecified atom stereocenters. The fourth-order valence-electron chi connectivity index (χ4n) is 2.14. The van der Waals surface area contributed by atoms with Crippen LogP contribution in [0.2, 0.25) is 0 Å². The highest BCUT2D eigenvalue weighted by Gasteiger charge is 2.35. The molecule has 3 heterocycles. The molecular formula is C13H13N3O2S2. The predicted octanol–water partition coefficient (Wildman–Crippen LogP) is 2.04. The molecule has 7 heteroatoms. The Morgan fingerprint density at radius 3 is 2.85 bits per heavy atom. The number of thiophene rings is 1. The Labute approximate surface area is 121 Å². The van der Waals surface area contributed by atoms with Crippen LogP contribution in [0.5, 0.6) is 0 Å². The van der Waals surface area contributed by atoms with Crippen LogP contribution >= 0.6 is 11.3 Å². The van der Waals surface area contributed by atoms with Gasteiger partial charge in [0.05, 0.1) is 17.6 Å². The molecule has 1 atom stereocenters. The summed E-state index contributed by atoms with van der Waals surface area (Å²) in [5.41, 5.74) is 6.99. The summed E-state index contributed by atoms with van der Waals surface area (Å²) in [6, 6.07) is 4.62. The normalized spacial score (nSPS) is 18.3. The highest BCUT2D eigenvalue weighted by Crippen LogP contribution is 2.38. The van der Waals surface area contributed by atoms with Crippen molar-refractivity contribution in [3.8, 4) is 0 Å². The predicted molar refractivity (Wildman–Crippen MR) is 79.8 cm³/mol. The summed E-state index contributed by atoms with van der Waals surface area (Å²) in [6.45, 7) is 1.77. The number of anilines is 1. The van der Waals surface area contributed by atoms with Gasteiger partial charge < -0.3 is 5.73 Å². The molecule has 3 rings (SSSR count). The zero-order valence-electron chi connectivity index (χ0n) is 10.7. The van der Waals surface area contributed by atoms with Crippen LogP contribution in [-0.4, -0.2) is 19.4 Å². The minimum atomic E-state index is -3.63. The maximum atomic E-state index is 12.8. The van der Waals surface area contributed by atoms with E-state index < -0.39 is 16.1 Å². The molecule has 2 N–H and O–H groups in total. The van der Waals surface area contributed by atoms with Crippen LogP contribution in [-0.2, 0) is 10.0 Å². The number of aromatic nitrogens is 1. The third-order valence-corrected chi connectivity index (χ3v) is 5.84. The van der Waals surface area contributed by atoms with E-state index in [-0.39, 0.29) is 0 Å². The third kappa shape index (κ3) is 1.94. The Hall–Kier alpha value is -1.70. The largest absolute Gasteiger partial charge is 0.323 e. The number of sulfonamides is 1.